The quantitative estimate of drug-likeness (QED) is 0.733. The molecule has 132 valence electrons. The van der Waals surface area contributed by atoms with Gasteiger partial charge in [0, 0.05) is 25.5 Å². The van der Waals surface area contributed by atoms with Crippen LogP contribution in [0.25, 0.3) is 5.65 Å². The van der Waals surface area contributed by atoms with Gasteiger partial charge in [0.1, 0.15) is 5.65 Å². The zero-order chi connectivity index (χ0) is 17.2. The van der Waals surface area contributed by atoms with E-state index >= 15 is 0 Å². The van der Waals surface area contributed by atoms with E-state index in [2.05, 4.69) is 16.0 Å². The van der Waals surface area contributed by atoms with Gasteiger partial charge in [-0.2, -0.15) is 0 Å². The molecule has 4 heteroatoms. The van der Waals surface area contributed by atoms with Gasteiger partial charge < -0.3 is 9.30 Å². The Kier molecular flexibility index (Phi) is 4.60. The molecule has 0 aliphatic heterocycles. The first-order valence-electron chi connectivity index (χ1n) is 9.62. The van der Waals surface area contributed by atoms with Crippen LogP contribution in [0.4, 0.5) is 0 Å². The van der Waals surface area contributed by atoms with Gasteiger partial charge in [-0.3, -0.25) is 4.79 Å². The van der Waals surface area contributed by atoms with Crippen LogP contribution in [0.3, 0.4) is 0 Å². The number of nitrogens with zero attached hydrogens (tertiary/aromatic N) is 3. The van der Waals surface area contributed by atoms with E-state index in [0.29, 0.717) is 5.92 Å². The summed E-state index contributed by atoms with van der Waals surface area (Å²) in [4.78, 5) is 19.9. The van der Waals surface area contributed by atoms with E-state index in [1.807, 2.05) is 35.9 Å². The van der Waals surface area contributed by atoms with Crippen LogP contribution in [-0.2, 0) is 0 Å². The Morgan fingerprint density at radius 2 is 2.24 bits per heavy atom. The zero-order valence-electron chi connectivity index (χ0n) is 15.1. The first kappa shape index (κ1) is 16.4. The first-order valence-corrected chi connectivity index (χ1v) is 9.62. The van der Waals surface area contributed by atoms with Gasteiger partial charge >= 0.3 is 0 Å². The maximum absolute atomic E-state index is 13.3. The molecule has 2 aliphatic rings. The molecule has 25 heavy (non-hydrogen) atoms. The SMILES string of the molecule is Cc1cn2cccc(C(=O)N(CCC3=CCCCC3)CC3CC3)c2n1. The molecule has 0 atom stereocenters. The van der Waals surface area contributed by atoms with Crippen molar-refractivity contribution in [2.24, 2.45) is 5.92 Å². The largest absolute Gasteiger partial charge is 0.338 e. The third-order valence-electron chi connectivity index (χ3n) is 5.38. The summed E-state index contributed by atoms with van der Waals surface area (Å²) in [6.45, 7) is 3.70. The van der Waals surface area contributed by atoms with Crippen molar-refractivity contribution in [3.63, 3.8) is 0 Å². The molecule has 0 radical (unpaired) electrons. The highest BCUT2D eigenvalue weighted by Gasteiger charge is 2.28. The van der Waals surface area contributed by atoms with Gasteiger partial charge in [0.15, 0.2) is 0 Å². The van der Waals surface area contributed by atoms with Crippen molar-refractivity contribution in [2.75, 3.05) is 13.1 Å². The molecule has 4 rings (SSSR count). The Hall–Kier alpha value is -2.10. The smallest absolute Gasteiger partial charge is 0.257 e. The van der Waals surface area contributed by atoms with Crippen molar-refractivity contribution in [3.8, 4) is 0 Å². The number of aromatic nitrogens is 2. The maximum Gasteiger partial charge on any atom is 0.257 e. The average molecular weight is 337 g/mol. The van der Waals surface area contributed by atoms with Crippen molar-refractivity contribution >= 4 is 11.6 Å². The van der Waals surface area contributed by atoms with Gasteiger partial charge in [0.2, 0.25) is 0 Å². The van der Waals surface area contributed by atoms with Gasteiger partial charge in [0.05, 0.1) is 11.3 Å². The minimum Gasteiger partial charge on any atom is -0.338 e. The monoisotopic (exact) mass is 337 g/mol. The minimum absolute atomic E-state index is 0.138. The van der Waals surface area contributed by atoms with Crippen LogP contribution in [0.15, 0.2) is 36.2 Å². The number of imidazole rings is 1. The molecular formula is C21H27N3O. The van der Waals surface area contributed by atoms with Crippen LogP contribution in [0.2, 0.25) is 0 Å². The fourth-order valence-electron chi connectivity index (χ4n) is 3.77. The van der Waals surface area contributed by atoms with Gasteiger partial charge in [-0.1, -0.05) is 11.6 Å². The van der Waals surface area contributed by atoms with Crippen LogP contribution in [0.1, 0.15) is 61.0 Å². The number of hydrogen-bond donors (Lipinski definition) is 0. The number of carbonyl (C=O) groups excluding carboxylic acids is 1. The molecule has 0 N–H and O–H groups in total. The van der Waals surface area contributed by atoms with Gasteiger partial charge in [-0.05, 0) is 69.9 Å². The number of rotatable bonds is 6. The Balaban J connectivity index is 1.54. The predicted molar refractivity (Wildman–Crippen MR) is 99.7 cm³/mol. The fraction of sp³-hybridized carbons (Fsp3) is 0.524. The lowest BCUT2D eigenvalue weighted by Crippen LogP contribution is -2.34. The number of aryl methyl sites for hydroxylation is 1. The second-order valence-electron chi connectivity index (χ2n) is 7.59. The standard InChI is InChI=1S/C21H27N3O/c1-16-14-23-12-5-8-19(20(23)22-16)21(25)24(15-18-9-10-18)13-11-17-6-3-2-4-7-17/h5-6,8,12,14,18H,2-4,7,9-11,13,15H2,1H3. The minimum atomic E-state index is 0.138. The summed E-state index contributed by atoms with van der Waals surface area (Å²) < 4.78 is 1.96. The summed E-state index contributed by atoms with van der Waals surface area (Å²) in [5.74, 6) is 0.838. The molecule has 0 bridgehead atoms. The van der Waals surface area contributed by atoms with Crippen molar-refractivity contribution in [1.29, 1.82) is 0 Å². The highest BCUT2D eigenvalue weighted by Crippen LogP contribution is 2.31. The molecule has 0 saturated heterocycles. The van der Waals surface area contributed by atoms with Crippen LogP contribution < -0.4 is 0 Å². The summed E-state index contributed by atoms with van der Waals surface area (Å²) in [5, 5.41) is 0. The molecule has 2 heterocycles. The summed E-state index contributed by atoms with van der Waals surface area (Å²) in [6, 6.07) is 3.87. The maximum atomic E-state index is 13.3. The Bertz CT molecular complexity index is 801. The average Bonchev–Trinajstić information content (AvgIpc) is 3.36. The van der Waals surface area contributed by atoms with Gasteiger partial charge in [-0.25, -0.2) is 4.98 Å². The highest BCUT2D eigenvalue weighted by atomic mass is 16.2. The zero-order valence-corrected chi connectivity index (χ0v) is 15.1. The van der Waals surface area contributed by atoms with Gasteiger partial charge in [0.25, 0.3) is 5.91 Å². The third kappa shape index (κ3) is 3.78. The molecule has 0 unspecified atom stereocenters. The molecule has 1 saturated carbocycles. The van der Waals surface area contributed by atoms with Crippen LogP contribution in [0.5, 0.6) is 0 Å². The molecule has 2 aliphatic carbocycles. The molecule has 0 spiro atoms. The molecular weight excluding hydrogens is 310 g/mol. The van der Waals surface area contributed by atoms with E-state index in [1.165, 1.54) is 44.1 Å². The van der Waals surface area contributed by atoms with Crippen LogP contribution in [-0.4, -0.2) is 33.3 Å². The fourth-order valence-corrected chi connectivity index (χ4v) is 3.77. The van der Waals surface area contributed by atoms with Gasteiger partial charge in [-0.15, -0.1) is 0 Å². The second kappa shape index (κ2) is 7.03. The summed E-state index contributed by atoms with van der Waals surface area (Å²) in [6.07, 6.45) is 14.9. The van der Waals surface area contributed by atoms with Crippen molar-refractivity contribution < 1.29 is 4.79 Å². The van der Waals surface area contributed by atoms with Crippen molar-refractivity contribution in [2.45, 2.75) is 51.9 Å². The first-order chi connectivity index (χ1) is 12.2. The second-order valence-corrected chi connectivity index (χ2v) is 7.59. The molecule has 2 aromatic rings. The van der Waals surface area contributed by atoms with E-state index in [9.17, 15) is 4.79 Å². The van der Waals surface area contributed by atoms with E-state index in [1.54, 1.807) is 0 Å². The van der Waals surface area contributed by atoms with E-state index in [-0.39, 0.29) is 5.91 Å². The topological polar surface area (TPSA) is 37.6 Å². The van der Waals surface area contributed by atoms with E-state index in [0.717, 1.165) is 36.4 Å². The third-order valence-corrected chi connectivity index (χ3v) is 5.38. The molecule has 0 aromatic carbocycles. The molecule has 1 amide bonds. The van der Waals surface area contributed by atoms with E-state index < -0.39 is 0 Å². The number of carbonyl (C=O) groups is 1. The van der Waals surface area contributed by atoms with Crippen molar-refractivity contribution in [1.82, 2.24) is 14.3 Å². The highest BCUT2D eigenvalue weighted by molar-refractivity contribution is 5.99. The predicted octanol–water partition coefficient (Wildman–Crippen LogP) is 4.39. The molecule has 4 nitrogen and oxygen atoms in total. The number of allylic oxidation sites excluding steroid dienone is 1. The Morgan fingerprint density at radius 1 is 1.36 bits per heavy atom. The number of fused-ring (bicyclic) bond motifs is 1. The van der Waals surface area contributed by atoms with Crippen LogP contribution in [0, 0.1) is 12.8 Å². The number of amides is 1. The van der Waals surface area contributed by atoms with Crippen molar-refractivity contribution in [3.05, 3.63) is 47.4 Å². The lowest BCUT2D eigenvalue weighted by molar-refractivity contribution is 0.0750. The Morgan fingerprint density at radius 3 is 3.00 bits per heavy atom. The van der Waals surface area contributed by atoms with Crippen LogP contribution >= 0.6 is 0 Å². The Labute approximate surface area is 149 Å². The summed E-state index contributed by atoms with van der Waals surface area (Å²) in [7, 11) is 0. The number of pyridine rings is 1. The lowest BCUT2D eigenvalue weighted by atomic mass is 9.97. The lowest BCUT2D eigenvalue weighted by Gasteiger charge is -2.24. The van der Waals surface area contributed by atoms with E-state index in [4.69, 9.17) is 0 Å². The molecule has 2 aromatic heterocycles. The summed E-state index contributed by atoms with van der Waals surface area (Å²) >= 11 is 0. The molecule has 1 fully saturated rings. The number of hydrogen-bond acceptors (Lipinski definition) is 2. The normalized spacial score (nSPS) is 17.6. The summed E-state index contributed by atoms with van der Waals surface area (Å²) in [5.41, 5.74) is 3.99.